The normalized spacial score (nSPS) is 11.0. The molecule has 0 unspecified atom stereocenters. The molecule has 0 aliphatic rings. The van der Waals surface area contributed by atoms with Gasteiger partial charge in [-0.15, -0.1) is 0 Å². The minimum Gasteiger partial charge on any atom is -0.465 e. The van der Waals surface area contributed by atoms with Crippen LogP contribution >= 0.6 is 0 Å². The molecule has 3 aromatic rings. The van der Waals surface area contributed by atoms with Crippen LogP contribution in [0.5, 0.6) is 0 Å². The van der Waals surface area contributed by atoms with Gasteiger partial charge in [-0.2, -0.15) is 0 Å². The summed E-state index contributed by atoms with van der Waals surface area (Å²) in [7, 11) is 1.31. The van der Waals surface area contributed by atoms with Crippen LogP contribution in [0.4, 0.5) is 0 Å². The van der Waals surface area contributed by atoms with Crippen LogP contribution in [0.2, 0.25) is 0 Å². The first-order chi connectivity index (χ1) is 35.5. The minimum atomic E-state index is -1.09. The molecule has 0 saturated carbocycles. The highest BCUT2D eigenvalue weighted by atomic mass is 16.6. The van der Waals surface area contributed by atoms with Gasteiger partial charge in [-0.25, -0.2) is 38.4 Å². The number of esters is 8. The van der Waals surface area contributed by atoms with Gasteiger partial charge < -0.3 is 42.6 Å². The first kappa shape index (κ1) is 69.3. The molecule has 0 spiro atoms. The smallest absolute Gasteiger partial charge is 0.338 e. The second kappa shape index (κ2) is 32.7. The molecular weight excluding hydrogens is 997 g/mol. The summed E-state index contributed by atoms with van der Waals surface area (Å²) in [6.45, 7) is 34.9. The Balaban J connectivity index is 0.00000101. The maximum atomic E-state index is 11.8. The Labute approximate surface area is 453 Å². The van der Waals surface area contributed by atoms with Crippen molar-refractivity contribution in [3.63, 3.8) is 0 Å². The van der Waals surface area contributed by atoms with Crippen LogP contribution in [0, 0.1) is 5.41 Å². The summed E-state index contributed by atoms with van der Waals surface area (Å²) in [6, 6.07) is 18.9. The fraction of sp³-hybridized carbons (Fsp3) is 0.441. The second-order valence-electron chi connectivity index (χ2n) is 20.8. The Bertz CT molecular complexity index is 2400. The van der Waals surface area contributed by atoms with E-state index in [2.05, 4.69) is 24.5 Å². The van der Waals surface area contributed by atoms with Gasteiger partial charge in [-0.3, -0.25) is 4.79 Å². The minimum absolute atomic E-state index is 0.00969. The third-order valence-electron chi connectivity index (χ3n) is 8.93. The zero-order valence-corrected chi connectivity index (χ0v) is 47.4. The molecule has 18 nitrogen and oxygen atoms in total. The molecule has 0 bridgehead atoms. The molecular formula is C59H78O18. The van der Waals surface area contributed by atoms with Gasteiger partial charge in [0, 0.05) is 23.8 Å². The third-order valence-corrected chi connectivity index (χ3v) is 8.93. The summed E-state index contributed by atoms with van der Waals surface area (Å²) in [4.78, 5) is 103. The van der Waals surface area contributed by atoms with Crippen LogP contribution in [-0.2, 0) is 57.0 Å². The van der Waals surface area contributed by atoms with Crippen molar-refractivity contribution in [3.8, 4) is 0 Å². The maximum absolute atomic E-state index is 11.8. The van der Waals surface area contributed by atoms with Gasteiger partial charge in [0.1, 0.15) is 36.6 Å². The number of carbonyl (C=O) groups excluding carboxylic acids is 9. The molecule has 3 rings (SSSR count). The standard InChI is InChI=1S/C18H26O7.C15H20O4.C13H16O4.C13H16O3/c1-7-14(19)22-10-18(11-23-15(20)8-2,12-24-16(21)9-3)13-25-17(4,5)6;1-5-10-18-13(16)11-6-8-12(9-7-11)14(17)19-15(2,3)4;1-13(2,3)17-12(15)10-7-5-9(6-8-10)11(14)16-4;1-9(14)10-5-7-11(8-6-10)12(15)16-13(2,3)4/h7-9H,1-3,10-13H2,4-6H3;6-9H,5,10H2,1-4H3;5-8H,1-4H3;5-8H,1-4H3. The Morgan fingerprint density at radius 3 is 0.909 bits per heavy atom. The number of methoxy groups -OCH3 is 1. The molecule has 0 aromatic heterocycles. The van der Waals surface area contributed by atoms with Crippen molar-refractivity contribution < 1.29 is 85.8 Å². The van der Waals surface area contributed by atoms with E-state index in [1.54, 1.807) is 102 Å². The Kier molecular flexibility index (Phi) is 29.4. The topological polar surface area (TPSA) is 237 Å². The van der Waals surface area contributed by atoms with Crippen LogP contribution < -0.4 is 0 Å². The lowest BCUT2D eigenvalue weighted by Gasteiger charge is -2.34. The number of ketones is 1. The largest absolute Gasteiger partial charge is 0.465 e. The lowest BCUT2D eigenvalue weighted by atomic mass is 9.91. The lowest BCUT2D eigenvalue weighted by Crippen LogP contribution is -2.44. The quantitative estimate of drug-likeness (QED) is 0.0469. The van der Waals surface area contributed by atoms with Crippen LogP contribution in [-0.4, -0.2) is 116 Å². The number of rotatable bonds is 19. The molecule has 77 heavy (non-hydrogen) atoms. The predicted molar refractivity (Wildman–Crippen MR) is 288 cm³/mol. The highest BCUT2D eigenvalue weighted by Gasteiger charge is 2.37. The van der Waals surface area contributed by atoms with Gasteiger partial charge in [0.15, 0.2) is 5.78 Å². The molecule has 0 N–H and O–H groups in total. The van der Waals surface area contributed by atoms with Crippen molar-refractivity contribution in [2.24, 2.45) is 5.41 Å². The van der Waals surface area contributed by atoms with E-state index in [0.717, 1.165) is 24.6 Å². The first-order valence-corrected chi connectivity index (χ1v) is 24.3. The van der Waals surface area contributed by atoms with Crippen molar-refractivity contribution >= 4 is 53.5 Å². The Morgan fingerprint density at radius 2 is 0.675 bits per heavy atom. The number of hydrogen-bond acceptors (Lipinski definition) is 18. The molecule has 0 saturated heterocycles. The van der Waals surface area contributed by atoms with Crippen molar-refractivity contribution in [3.05, 3.63) is 144 Å². The van der Waals surface area contributed by atoms with Gasteiger partial charge in [0.05, 0.1) is 59.2 Å². The number of hydrogen-bond donors (Lipinski definition) is 0. The Hall–Kier alpha value is -7.73. The van der Waals surface area contributed by atoms with E-state index < -0.39 is 63.6 Å². The maximum Gasteiger partial charge on any atom is 0.338 e. The van der Waals surface area contributed by atoms with Crippen molar-refractivity contribution in [2.75, 3.05) is 40.1 Å². The van der Waals surface area contributed by atoms with Crippen LogP contribution in [0.3, 0.4) is 0 Å². The molecule has 3 aromatic carbocycles. The zero-order valence-electron chi connectivity index (χ0n) is 47.4. The molecule has 0 heterocycles. The fourth-order valence-electron chi connectivity index (χ4n) is 5.20. The number of Topliss-reactive ketones (excluding diaryl/α,β-unsaturated/α-hetero) is 1. The van der Waals surface area contributed by atoms with Crippen molar-refractivity contribution in [1.82, 2.24) is 0 Å². The first-order valence-electron chi connectivity index (χ1n) is 24.3. The average Bonchev–Trinajstić information content (AvgIpc) is 3.35. The van der Waals surface area contributed by atoms with Gasteiger partial charge >= 0.3 is 47.8 Å². The number of ether oxygens (including phenoxy) is 9. The summed E-state index contributed by atoms with van der Waals surface area (Å²) >= 11 is 0. The van der Waals surface area contributed by atoms with Gasteiger partial charge in [-0.05, 0) is 157 Å². The summed E-state index contributed by atoms with van der Waals surface area (Å²) in [6.07, 6.45) is 3.78. The summed E-state index contributed by atoms with van der Waals surface area (Å²) < 4.78 is 46.2. The highest BCUT2D eigenvalue weighted by molar-refractivity contribution is 5.96. The third kappa shape index (κ3) is 31.0. The molecule has 0 fully saturated rings. The molecule has 0 aliphatic carbocycles. The van der Waals surface area contributed by atoms with E-state index in [4.69, 9.17) is 37.9 Å². The number of carbonyl (C=O) groups is 9. The molecule has 18 heteroatoms. The van der Waals surface area contributed by atoms with E-state index in [0.29, 0.717) is 40.0 Å². The molecule has 0 atom stereocenters. The monoisotopic (exact) mass is 1070 g/mol. The van der Waals surface area contributed by atoms with E-state index in [1.165, 1.54) is 26.2 Å². The highest BCUT2D eigenvalue weighted by Crippen LogP contribution is 2.25. The van der Waals surface area contributed by atoms with E-state index >= 15 is 0 Å². The second-order valence-corrected chi connectivity index (χ2v) is 20.8. The van der Waals surface area contributed by atoms with Crippen LogP contribution in [0.15, 0.2) is 111 Å². The SMILES string of the molecule is C=CC(=O)OCC(COC(=O)C=C)(COC(=O)C=C)COC(C)(C)C.CC(=O)c1ccc(C(=O)OC(C)(C)C)cc1.CCCOC(=O)c1ccc(C(=O)OC(C)(C)C)cc1.COC(=O)c1ccc(C(=O)OC(C)(C)C)cc1. The molecule has 0 aliphatic heterocycles. The summed E-state index contributed by atoms with van der Waals surface area (Å²) in [5.74, 6) is -3.99. The molecule has 422 valence electrons. The van der Waals surface area contributed by atoms with Crippen LogP contribution in [0.25, 0.3) is 0 Å². The summed E-state index contributed by atoms with van der Waals surface area (Å²) in [5.41, 5.74) is -0.464. The van der Waals surface area contributed by atoms with E-state index in [1.807, 2.05) is 48.5 Å². The van der Waals surface area contributed by atoms with Crippen molar-refractivity contribution in [2.45, 2.75) is 126 Å². The van der Waals surface area contributed by atoms with Crippen LogP contribution in [0.1, 0.15) is 166 Å². The van der Waals surface area contributed by atoms with Gasteiger partial charge in [-0.1, -0.05) is 38.8 Å². The summed E-state index contributed by atoms with van der Waals surface area (Å²) in [5, 5.41) is 0. The molecule has 0 radical (unpaired) electrons. The van der Waals surface area contributed by atoms with Crippen molar-refractivity contribution in [1.29, 1.82) is 0 Å². The number of benzene rings is 3. The lowest BCUT2D eigenvalue weighted by molar-refractivity contribution is -0.166. The molecule has 0 amide bonds. The predicted octanol–water partition coefficient (Wildman–Crippen LogP) is 10.5. The van der Waals surface area contributed by atoms with E-state index in [9.17, 15) is 43.2 Å². The zero-order chi connectivity index (χ0) is 59.4. The van der Waals surface area contributed by atoms with E-state index in [-0.39, 0.29) is 44.1 Å². The average molecular weight is 1080 g/mol. The van der Waals surface area contributed by atoms with Gasteiger partial charge in [0.25, 0.3) is 0 Å². The van der Waals surface area contributed by atoms with Gasteiger partial charge in [0.2, 0.25) is 0 Å². The Morgan fingerprint density at radius 1 is 0.403 bits per heavy atom. The fourth-order valence-corrected chi connectivity index (χ4v) is 5.20.